The largest absolute Gasteiger partial charge is 0.426 e. The Bertz CT molecular complexity index is 1540. The SMILES string of the molecule is CC1=NN(c2ccccc2)C(=O)C1=Cc1ccc(OC(=O)C2CCN(S(=O)(=O)c3ccc(F)cc3)CC2)cc1. The number of benzene rings is 3. The molecule has 5 rings (SSSR count). The zero-order valence-corrected chi connectivity index (χ0v) is 22.0. The molecule has 0 N–H and O–H groups in total. The van der Waals surface area contributed by atoms with Crippen LogP contribution in [0.5, 0.6) is 5.75 Å². The van der Waals surface area contributed by atoms with Crippen molar-refractivity contribution < 1.29 is 27.1 Å². The maximum atomic E-state index is 13.2. The van der Waals surface area contributed by atoms with Crippen LogP contribution in [0.25, 0.3) is 6.08 Å². The van der Waals surface area contributed by atoms with E-state index in [4.69, 9.17) is 4.74 Å². The molecule has 0 bridgehead atoms. The highest BCUT2D eigenvalue weighted by Crippen LogP contribution is 2.27. The Morgan fingerprint density at radius 2 is 1.62 bits per heavy atom. The molecular weight excluding hydrogens is 521 g/mol. The summed E-state index contributed by atoms with van der Waals surface area (Å²) in [5.74, 6) is -1.23. The molecule has 3 aromatic rings. The summed E-state index contributed by atoms with van der Waals surface area (Å²) in [5.41, 5.74) is 2.52. The molecule has 0 spiro atoms. The Balaban J connectivity index is 1.18. The fourth-order valence-corrected chi connectivity index (χ4v) is 5.98. The maximum Gasteiger partial charge on any atom is 0.314 e. The molecule has 0 saturated carbocycles. The van der Waals surface area contributed by atoms with E-state index in [1.165, 1.54) is 21.4 Å². The van der Waals surface area contributed by atoms with Crippen molar-refractivity contribution in [2.75, 3.05) is 18.1 Å². The summed E-state index contributed by atoms with van der Waals surface area (Å²) < 4.78 is 45.6. The number of hydrazone groups is 1. The Morgan fingerprint density at radius 3 is 2.26 bits per heavy atom. The van der Waals surface area contributed by atoms with Crippen LogP contribution in [-0.4, -0.2) is 43.4 Å². The average molecular weight is 548 g/mol. The summed E-state index contributed by atoms with van der Waals surface area (Å²) in [6.07, 6.45) is 2.39. The van der Waals surface area contributed by atoms with Gasteiger partial charge >= 0.3 is 5.97 Å². The highest BCUT2D eigenvalue weighted by molar-refractivity contribution is 7.89. The summed E-state index contributed by atoms with van der Waals surface area (Å²) in [6, 6.07) is 20.7. The number of anilines is 1. The number of amides is 1. The molecular formula is C29H26FN3O5S. The summed E-state index contributed by atoms with van der Waals surface area (Å²) >= 11 is 0. The van der Waals surface area contributed by atoms with Gasteiger partial charge in [-0.3, -0.25) is 9.59 Å². The number of sulfonamides is 1. The third kappa shape index (κ3) is 5.67. The van der Waals surface area contributed by atoms with E-state index in [0.717, 1.165) is 17.7 Å². The van der Waals surface area contributed by atoms with Gasteiger partial charge in [0.2, 0.25) is 10.0 Å². The normalized spacial score (nSPS) is 17.9. The molecule has 0 radical (unpaired) electrons. The first-order valence-electron chi connectivity index (χ1n) is 12.5. The number of carbonyl (C=O) groups excluding carboxylic acids is 2. The number of nitrogens with zero attached hydrogens (tertiary/aromatic N) is 3. The zero-order chi connectivity index (χ0) is 27.6. The molecule has 8 nitrogen and oxygen atoms in total. The fourth-order valence-electron chi connectivity index (χ4n) is 4.51. The van der Waals surface area contributed by atoms with Crippen LogP contribution in [0.4, 0.5) is 10.1 Å². The second-order valence-electron chi connectivity index (χ2n) is 9.32. The highest BCUT2D eigenvalue weighted by Gasteiger charge is 2.33. The van der Waals surface area contributed by atoms with Gasteiger partial charge in [0.1, 0.15) is 11.6 Å². The van der Waals surface area contributed by atoms with Crippen LogP contribution >= 0.6 is 0 Å². The Hall–Kier alpha value is -4.15. The number of para-hydroxylation sites is 1. The molecule has 1 saturated heterocycles. The number of hydrogen-bond donors (Lipinski definition) is 0. The van der Waals surface area contributed by atoms with Gasteiger partial charge in [-0.2, -0.15) is 14.4 Å². The van der Waals surface area contributed by atoms with Crippen LogP contribution in [0.15, 0.2) is 94.4 Å². The van der Waals surface area contributed by atoms with Crippen LogP contribution in [0.2, 0.25) is 0 Å². The number of piperidine rings is 1. The Labute approximate surface area is 226 Å². The fraction of sp³-hybridized carbons (Fsp3) is 0.207. The lowest BCUT2D eigenvalue weighted by atomic mass is 9.98. The third-order valence-corrected chi connectivity index (χ3v) is 8.62. The van der Waals surface area contributed by atoms with Crippen molar-refractivity contribution in [2.45, 2.75) is 24.7 Å². The molecule has 0 aromatic heterocycles. The molecule has 200 valence electrons. The predicted octanol–water partition coefficient (Wildman–Crippen LogP) is 4.64. The predicted molar refractivity (Wildman–Crippen MR) is 145 cm³/mol. The average Bonchev–Trinajstić information content (AvgIpc) is 3.23. The first-order chi connectivity index (χ1) is 18.7. The zero-order valence-electron chi connectivity index (χ0n) is 21.2. The number of hydrogen-bond acceptors (Lipinski definition) is 6. The molecule has 0 unspecified atom stereocenters. The van der Waals surface area contributed by atoms with Crippen molar-refractivity contribution in [3.05, 3.63) is 95.8 Å². The first-order valence-corrected chi connectivity index (χ1v) is 13.9. The minimum Gasteiger partial charge on any atom is -0.426 e. The van der Waals surface area contributed by atoms with E-state index in [9.17, 15) is 22.4 Å². The van der Waals surface area contributed by atoms with Crippen LogP contribution in [-0.2, 0) is 19.6 Å². The second-order valence-corrected chi connectivity index (χ2v) is 11.3. The number of esters is 1. The lowest BCUT2D eigenvalue weighted by molar-refractivity contribution is -0.140. The molecule has 39 heavy (non-hydrogen) atoms. The van der Waals surface area contributed by atoms with Crippen LogP contribution in [0.1, 0.15) is 25.3 Å². The van der Waals surface area contributed by atoms with E-state index < -0.39 is 27.7 Å². The summed E-state index contributed by atoms with van der Waals surface area (Å²) in [6.45, 7) is 2.11. The van der Waals surface area contributed by atoms with Crippen molar-refractivity contribution in [3.63, 3.8) is 0 Å². The molecule has 2 heterocycles. The van der Waals surface area contributed by atoms with E-state index in [0.29, 0.717) is 35.6 Å². The van der Waals surface area contributed by atoms with E-state index >= 15 is 0 Å². The van der Waals surface area contributed by atoms with Gasteiger partial charge in [-0.05, 0) is 79.9 Å². The van der Waals surface area contributed by atoms with Gasteiger partial charge in [0.05, 0.1) is 27.8 Å². The van der Waals surface area contributed by atoms with Gasteiger partial charge in [-0.15, -0.1) is 0 Å². The van der Waals surface area contributed by atoms with E-state index in [2.05, 4.69) is 5.10 Å². The molecule has 3 aromatic carbocycles. The topological polar surface area (TPSA) is 96.3 Å². The van der Waals surface area contributed by atoms with Crippen LogP contribution in [0.3, 0.4) is 0 Å². The van der Waals surface area contributed by atoms with Crippen LogP contribution in [0, 0.1) is 11.7 Å². The van der Waals surface area contributed by atoms with Gasteiger partial charge in [0.15, 0.2) is 0 Å². The minimum atomic E-state index is -3.76. The number of halogens is 1. The Morgan fingerprint density at radius 1 is 0.974 bits per heavy atom. The minimum absolute atomic E-state index is 0.0218. The van der Waals surface area contributed by atoms with E-state index in [1.54, 1.807) is 37.3 Å². The lowest BCUT2D eigenvalue weighted by Crippen LogP contribution is -2.41. The van der Waals surface area contributed by atoms with Crippen molar-refractivity contribution >= 4 is 39.4 Å². The maximum absolute atomic E-state index is 13.2. The highest BCUT2D eigenvalue weighted by atomic mass is 32.2. The van der Waals surface area contributed by atoms with Crippen molar-refractivity contribution in [1.82, 2.24) is 4.31 Å². The van der Waals surface area contributed by atoms with Gasteiger partial charge in [0.25, 0.3) is 5.91 Å². The van der Waals surface area contributed by atoms with Gasteiger partial charge in [-0.25, -0.2) is 12.8 Å². The number of carbonyl (C=O) groups is 2. The molecule has 2 aliphatic heterocycles. The third-order valence-electron chi connectivity index (χ3n) is 6.71. The number of ether oxygens (including phenoxy) is 1. The summed E-state index contributed by atoms with van der Waals surface area (Å²) in [7, 11) is -3.76. The Kier molecular flexibility index (Phi) is 7.40. The van der Waals surface area contributed by atoms with Crippen molar-refractivity contribution in [1.29, 1.82) is 0 Å². The molecule has 0 atom stereocenters. The second kappa shape index (κ2) is 10.9. The number of rotatable bonds is 6. The van der Waals surface area contributed by atoms with E-state index in [-0.39, 0.29) is 23.9 Å². The molecule has 2 aliphatic rings. The molecule has 10 heteroatoms. The van der Waals surface area contributed by atoms with Crippen molar-refractivity contribution in [2.24, 2.45) is 11.0 Å². The lowest BCUT2D eigenvalue weighted by Gasteiger charge is -2.30. The quantitative estimate of drug-likeness (QED) is 0.255. The summed E-state index contributed by atoms with van der Waals surface area (Å²) in [5, 5.41) is 5.74. The van der Waals surface area contributed by atoms with Crippen molar-refractivity contribution in [3.8, 4) is 5.75 Å². The smallest absolute Gasteiger partial charge is 0.314 e. The molecule has 0 aliphatic carbocycles. The molecule has 1 fully saturated rings. The molecule has 1 amide bonds. The first kappa shape index (κ1) is 26.5. The summed E-state index contributed by atoms with van der Waals surface area (Å²) in [4.78, 5) is 25.7. The van der Waals surface area contributed by atoms with Gasteiger partial charge < -0.3 is 4.74 Å². The standard InChI is InChI=1S/C29H26FN3O5S/c1-20-27(28(34)33(31-20)24-5-3-2-4-6-24)19-21-7-11-25(12-8-21)38-29(35)22-15-17-32(18-16-22)39(36,37)26-13-9-23(30)10-14-26/h2-14,19,22H,15-18H2,1H3. The monoisotopic (exact) mass is 547 g/mol. The van der Waals surface area contributed by atoms with Gasteiger partial charge in [-0.1, -0.05) is 30.3 Å². The van der Waals surface area contributed by atoms with E-state index in [1.807, 2.05) is 30.3 Å². The van der Waals surface area contributed by atoms with Crippen LogP contribution < -0.4 is 9.75 Å². The van der Waals surface area contributed by atoms with Gasteiger partial charge in [0, 0.05) is 13.1 Å².